The van der Waals surface area contributed by atoms with E-state index in [1.54, 1.807) is 16.3 Å². The molecule has 0 amide bonds. The molecule has 0 saturated carbocycles. The van der Waals surface area contributed by atoms with E-state index in [0.717, 1.165) is 0 Å². The van der Waals surface area contributed by atoms with E-state index in [9.17, 15) is 0 Å². The van der Waals surface area contributed by atoms with Crippen LogP contribution in [0.1, 0.15) is 44.9 Å². The standard InChI is InChI=1S/C14H23N2/c1-2-9-15(8-1)13-6-5-7-14(12-13)16-10-3-4-11-16/h12H,1-11H2/q+1/p+1. The van der Waals surface area contributed by atoms with Crippen molar-refractivity contribution < 1.29 is 9.48 Å². The van der Waals surface area contributed by atoms with Gasteiger partial charge in [0, 0.05) is 38.5 Å². The minimum atomic E-state index is 1.31. The van der Waals surface area contributed by atoms with Gasteiger partial charge in [-0.3, -0.25) is 0 Å². The molecule has 0 aromatic heterocycles. The van der Waals surface area contributed by atoms with E-state index in [1.165, 1.54) is 71.1 Å². The number of hydrogen-bond acceptors (Lipinski definition) is 0. The Hall–Kier alpha value is -0.630. The molecular weight excluding hydrogens is 196 g/mol. The second kappa shape index (κ2) is 4.70. The Balaban J connectivity index is 1.80. The van der Waals surface area contributed by atoms with Crippen LogP contribution in [0.3, 0.4) is 0 Å². The van der Waals surface area contributed by atoms with Crippen LogP contribution >= 0.6 is 0 Å². The average molecular weight is 220 g/mol. The number of quaternary nitrogens is 1. The Kier molecular flexibility index (Phi) is 3.09. The van der Waals surface area contributed by atoms with E-state index in [0.29, 0.717) is 0 Å². The van der Waals surface area contributed by atoms with Gasteiger partial charge in [0.1, 0.15) is 18.8 Å². The summed E-state index contributed by atoms with van der Waals surface area (Å²) in [6, 6.07) is 0. The van der Waals surface area contributed by atoms with Crippen LogP contribution in [0.4, 0.5) is 0 Å². The maximum Gasteiger partial charge on any atom is 0.181 e. The number of nitrogens with one attached hydrogen (secondary N) is 1. The molecule has 1 N–H and O–H groups in total. The van der Waals surface area contributed by atoms with Crippen molar-refractivity contribution in [2.75, 3.05) is 26.2 Å². The third-order valence-corrected chi connectivity index (χ3v) is 4.39. The lowest BCUT2D eigenvalue weighted by molar-refractivity contribution is -0.848. The van der Waals surface area contributed by atoms with Gasteiger partial charge in [-0.25, -0.2) is 4.58 Å². The third kappa shape index (κ3) is 2.08. The SMILES string of the molecule is C1=C([NH+]2CCCC2)CCCC1=[N+]1CCCC1. The molecule has 0 spiro atoms. The molecule has 2 heterocycles. The molecule has 2 saturated heterocycles. The van der Waals surface area contributed by atoms with E-state index >= 15 is 0 Å². The Bertz CT molecular complexity index is 314. The van der Waals surface area contributed by atoms with E-state index in [1.807, 2.05) is 0 Å². The summed E-state index contributed by atoms with van der Waals surface area (Å²) < 4.78 is 2.63. The van der Waals surface area contributed by atoms with Crippen molar-refractivity contribution in [3.63, 3.8) is 0 Å². The quantitative estimate of drug-likeness (QED) is 0.630. The summed E-state index contributed by atoms with van der Waals surface area (Å²) in [7, 11) is 0. The maximum atomic E-state index is 2.63. The van der Waals surface area contributed by atoms with Crippen molar-refractivity contribution in [1.29, 1.82) is 0 Å². The van der Waals surface area contributed by atoms with Gasteiger partial charge >= 0.3 is 0 Å². The van der Waals surface area contributed by atoms with Crippen LogP contribution in [0.5, 0.6) is 0 Å². The predicted molar refractivity (Wildman–Crippen MR) is 66.1 cm³/mol. The van der Waals surface area contributed by atoms with E-state index in [-0.39, 0.29) is 0 Å². The Labute approximate surface area is 98.6 Å². The normalized spacial score (nSPS) is 27.6. The van der Waals surface area contributed by atoms with Gasteiger partial charge in [0.25, 0.3) is 0 Å². The largest absolute Gasteiger partial charge is 0.306 e. The van der Waals surface area contributed by atoms with Crippen molar-refractivity contribution in [2.45, 2.75) is 44.9 Å². The molecule has 0 aromatic rings. The molecule has 16 heavy (non-hydrogen) atoms. The van der Waals surface area contributed by atoms with Crippen molar-refractivity contribution >= 4 is 5.71 Å². The molecule has 2 aliphatic heterocycles. The molecule has 3 aliphatic rings. The van der Waals surface area contributed by atoms with Crippen molar-refractivity contribution in [2.24, 2.45) is 0 Å². The topological polar surface area (TPSA) is 7.45 Å². The molecule has 2 nitrogen and oxygen atoms in total. The van der Waals surface area contributed by atoms with Crippen LogP contribution < -0.4 is 4.90 Å². The Morgan fingerprint density at radius 1 is 0.875 bits per heavy atom. The summed E-state index contributed by atoms with van der Waals surface area (Å²) in [6.45, 7) is 5.40. The fourth-order valence-electron chi connectivity index (χ4n) is 3.46. The van der Waals surface area contributed by atoms with Crippen molar-refractivity contribution in [3.05, 3.63) is 11.8 Å². The van der Waals surface area contributed by atoms with Crippen LogP contribution in [0.2, 0.25) is 0 Å². The van der Waals surface area contributed by atoms with E-state index < -0.39 is 0 Å². The lowest BCUT2D eigenvalue weighted by Crippen LogP contribution is -3.08. The summed E-state index contributed by atoms with van der Waals surface area (Å²) in [5.74, 6) is 0. The lowest BCUT2D eigenvalue weighted by Gasteiger charge is -2.18. The molecule has 2 heteroatoms. The molecule has 88 valence electrons. The highest BCUT2D eigenvalue weighted by atomic mass is 15.2. The zero-order valence-corrected chi connectivity index (χ0v) is 10.3. The van der Waals surface area contributed by atoms with Crippen LogP contribution in [-0.2, 0) is 0 Å². The highest BCUT2D eigenvalue weighted by Crippen LogP contribution is 2.15. The summed E-state index contributed by atoms with van der Waals surface area (Å²) in [6.07, 6.45) is 12.3. The van der Waals surface area contributed by atoms with Crippen LogP contribution in [0.25, 0.3) is 0 Å². The van der Waals surface area contributed by atoms with Crippen LogP contribution in [-0.4, -0.2) is 36.5 Å². The number of nitrogens with zero attached hydrogens (tertiary/aromatic N) is 1. The van der Waals surface area contributed by atoms with Crippen molar-refractivity contribution in [1.82, 2.24) is 0 Å². The third-order valence-electron chi connectivity index (χ3n) is 4.39. The first-order chi connectivity index (χ1) is 7.93. The number of hydrogen-bond donors (Lipinski definition) is 1. The zero-order chi connectivity index (χ0) is 10.8. The molecule has 2 fully saturated rings. The first-order valence-corrected chi connectivity index (χ1v) is 7.10. The average Bonchev–Trinajstić information content (AvgIpc) is 3.03. The van der Waals surface area contributed by atoms with Gasteiger partial charge < -0.3 is 4.90 Å². The minimum Gasteiger partial charge on any atom is -0.306 e. The fourth-order valence-corrected chi connectivity index (χ4v) is 3.46. The number of rotatable bonds is 1. The second-order valence-corrected chi connectivity index (χ2v) is 5.52. The first-order valence-electron chi connectivity index (χ1n) is 7.10. The summed E-state index contributed by atoms with van der Waals surface area (Å²) in [5.41, 5.74) is 3.36. The summed E-state index contributed by atoms with van der Waals surface area (Å²) in [5, 5.41) is 0. The van der Waals surface area contributed by atoms with Gasteiger partial charge in [-0.15, -0.1) is 0 Å². The summed E-state index contributed by atoms with van der Waals surface area (Å²) >= 11 is 0. The fraction of sp³-hybridized carbons (Fsp3) is 0.786. The highest BCUT2D eigenvalue weighted by molar-refractivity contribution is 5.91. The smallest absolute Gasteiger partial charge is 0.181 e. The zero-order valence-electron chi connectivity index (χ0n) is 10.3. The minimum absolute atomic E-state index is 1.31. The monoisotopic (exact) mass is 220 g/mol. The lowest BCUT2D eigenvalue weighted by atomic mass is 10.0. The van der Waals surface area contributed by atoms with Gasteiger partial charge in [0.05, 0.1) is 19.2 Å². The van der Waals surface area contributed by atoms with Crippen LogP contribution in [0, 0.1) is 0 Å². The molecule has 0 atom stereocenters. The molecule has 0 aromatic carbocycles. The van der Waals surface area contributed by atoms with Crippen LogP contribution in [0.15, 0.2) is 11.8 Å². The van der Waals surface area contributed by atoms with Gasteiger partial charge in [-0.05, 0) is 6.42 Å². The van der Waals surface area contributed by atoms with Gasteiger partial charge in [-0.2, -0.15) is 0 Å². The molecule has 3 rings (SSSR count). The van der Waals surface area contributed by atoms with Gasteiger partial charge in [0.15, 0.2) is 5.71 Å². The number of allylic oxidation sites excluding steroid dienone is 2. The van der Waals surface area contributed by atoms with Crippen molar-refractivity contribution in [3.8, 4) is 0 Å². The Morgan fingerprint density at radius 3 is 2.38 bits per heavy atom. The predicted octanol–water partition coefficient (Wildman–Crippen LogP) is 0.980. The molecule has 0 radical (unpaired) electrons. The highest BCUT2D eigenvalue weighted by Gasteiger charge is 2.27. The number of likely N-dealkylation sites (tertiary alicyclic amines) is 1. The summed E-state index contributed by atoms with van der Waals surface area (Å²) in [4.78, 5) is 1.79. The molecule has 1 aliphatic carbocycles. The maximum absolute atomic E-state index is 2.63. The molecular formula is C14H24N2+2. The van der Waals surface area contributed by atoms with Gasteiger partial charge in [-0.1, -0.05) is 0 Å². The second-order valence-electron chi connectivity index (χ2n) is 5.52. The molecule has 0 unspecified atom stereocenters. The Morgan fingerprint density at radius 2 is 1.62 bits per heavy atom. The van der Waals surface area contributed by atoms with E-state index in [2.05, 4.69) is 10.7 Å². The molecule has 0 bridgehead atoms. The first kappa shape index (κ1) is 10.5. The van der Waals surface area contributed by atoms with Gasteiger partial charge in [0.2, 0.25) is 0 Å². The van der Waals surface area contributed by atoms with E-state index in [4.69, 9.17) is 0 Å².